The summed E-state index contributed by atoms with van der Waals surface area (Å²) in [7, 11) is 0. The number of nitrogens with zero attached hydrogens (tertiary/aromatic N) is 4. The molecule has 0 N–H and O–H groups in total. The molecule has 0 aliphatic heterocycles. The van der Waals surface area contributed by atoms with Crippen LogP contribution in [0.5, 0.6) is 0 Å². The molecule has 0 saturated heterocycles. The fraction of sp³-hybridized carbons (Fsp3) is 0. The maximum Gasteiger partial charge on any atom is 0.164 e. The van der Waals surface area contributed by atoms with Crippen molar-refractivity contribution in [2.45, 2.75) is 0 Å². The van der Waals surface area contributed by atoms with Gasteiger partial charge in [0.05, 0.1) is 57.6 Å². The first-order valence-electron chi connectivity index (χ1n) is 32.8. The molecule has 4 heteroatoms. The van der Waals surface area contributed by atoms with Crippen molar-refractivity contribution in [1.29, 1.82) is 0 Å². The first kappa shape index (κ1) is 12.6. The Morgan fingerprint density at radius 1 is 0.291 bits per heavy atom. The van der Waals surface area contributed by atoms with E-state index < -0.39 is 300 Å². The van der Waals surface area contributed by atoms with Gasteiger partial charge in [0.2, 0.25) is 0 Å². The molecule has 258 valence electrons. The molecule has 2 aromatic heterocycles. The Morgan fingerprint density at radius 3 is 1.31 bits per heavy atom. The number of benzene rings is 8. The highest BCUT2D eigenvalue weighted by Gasteiger charge is 2.16. The van der Waals surface area contributed by atoms with E-state index in [1.165, 1.54) is 0 Å². The van der Waals surface area contributed by atoms with E-state index in [4.69, 9.17) is 32.9 Å². The van der Waals surface area contributed by atoms with Crippen LogP contribution in [0.1, 0.15) is 46.6 Å². The molecule has 4 nitrogen and oxygen atoms in total. The number of hydrogen-bond donors (Lipinski definition) is 0. The number of aromatic nitrogens is 4. The fourth-order valence-electron chi connectivity index (χ4n) is 5.36. The Kier molecular flexibility index (Phi) is 3.17. The van der Waals surface area contributed by atoms with Gasteiger partial charge in [-0.1, -0.05) is 157 Å². The molecule has 10 aromatic rings. The van der Waals surface area contributed by atoms with Crippen LogP contribution in [-0.2, 0) is 0 Å². The molecule has 10 rings (SSSR count). The van der Waals surface area contributed by atoms with Crippen molar-refractivity contribution in [2.24, 2.45) is 0 Å². The Bertz CT molecular complexity index is 4820. The van der Waals surface area contributed by atoms with E-state index in [1.807, 2.05) is 0 Å². The topological polar surface area (TPSA) is 43.6 Å². The van der Waals surface area contributed by atoms with Crippen LogP contribution in [0, 0.1) is 0 Å². The summed E-state index contributed by atoms with van der Waals surface area (Å²) in [4.78, 5) is 12.9. The largest absolute Gasteiger partial charge is 0.309 e. The minimum absolute atomic E-state index is 0.629. The molecule has 55 heavy (non-hydrogen) atoms. The minimum Gasteiger partial charge on any atom is -0.309 e. The smallest absolute Gasteiger partial charge is 0.164 e. The zero-order chi connectivity index (χ0) is 66.1. The Labute approximate surface area is 367 Å². The summed E-state index contributed by atoms with van der Waals surface area (Å²) < 4.78 is 302. The first-order valence-corrected chi connectivity index (χ1v) is 15.8. The second-order valence-electron chi connectivity index (χ2n) is 11.1. The summed E-state index contributed by atoms with van der Waals surface area (Å²) in [5.74, 6) is -3.12. The van der Waals surface area contributed by atoms with Gasteiger partial charge in [-0.25, -0.2) is 15.0 Å². The Balaban J connectivity index is 1.34. The fourth-order valence-corrected chi connectivity index (χ4v) is 5.36. The van der Waals surface area contributed by atoms with Crippen LogP contribution >= 0.6 is 0 Å². The standard InChI is InChI=1S/C51H34N4/c1-4-13-35(14-5-1)38-23-25-39(26-24-38)49-52-50(54-51(53-49)43-20-12-19-41(33-43)36-15-6-2-7-16-36)40-27-30-44(31-28-40)55-47-22-11-10-21-45(47)46-34-42(29-32-48(46)55)37-17-8-3-9-18-37/h1-34H/i1D,2D,3D,4D,5D,6D,7D,8D,9D,10D,11D,12D,13D,14D,15D,16D,17D,18D,19D,20D,21D,22D,23D,24D,25D,26D,27D,28D,29D,30D,31D,32D,33D,34D. The summed E-state index contributed by atoms with van der Waals surface area (Å²) in [6, 6.07) is -34.1. The van der Waals surface area contributed by atoms with Gasteiger partial charge in [0.1, 0.15) is 0 Å². The molecule has 0 aliphatic rings. The highest BCUT2D eigenvalue weighted by Crippen LogP contribution is 2.36. The highest BCUT2D eigenvalue weighted by molar-refractivity contribution is 6.10. The summed E-state index contributed by atoms with van der Waals surface area (Å²) in [5.41, 5.74) is -10.1. The van der Waals surface area contributed by atoms with Gasteiger partial charge in [0.25, 0.3) is 0 Å². The summed E-state index contributed by atoms with van der Waals surface area (Å²) in [6.45, 7) is 0. The predicted molar refractivity (Wildman–Crippen MR) is 227 cm³/mol. The molecule has 2 heterocycles. The maximum absolute atomic E-state index is 9.62. The van der Waals surface area contributed by atoms with E-state index in [0.29, 0.717) is 4.57 Å². The summed E-state index contributed by atoms with van der Waals surface area (Å²) in [6.07, 6.45) is 0. The van der Waals surface area contributed by atoms with Crippen LogP contribution in [0.3, 0.4) is 0 Å². The molecule has 0 saturated carbocycles. The van der Waals surface area contributed by atoms with Gasteiger partial charge in [-0.3, -0.25) is 0 Å². The van der Waals surface area contributed by atoms with Crippen LogP contribution in [-0.4, -0.2) is 19.5 Å². The van der Waals surface area contributed by atoms with Crippen molar-refractivity contribution in [2.75, 3.05) is 0 Å². The van der Waals surface area contributed by atoms with E-state index in [-0.39, 0.29) is 0 Å². The molecule has 0 amide bonds. The van der Waals surface area contributed by atoms with Gasteiger partial charge < -0.3 is 4.57 Å². The van der Waals surface area contributed by atoms with Crippen molar-refractivity contribution < 1.29 is 46.6 Å². The molecular formula is C51H34N4. The molecule has 8 aromatic carbocycles. The third-order valence-corrected chi connectivity index (χ3v) is 7.80. The lowest BCUT2D eigenvalue weighted by atomic mass is 10.0. The van der Waals surface area contributed by atoms with Crippen molar-refractivity contribution >= 4 is 21.8 Å². The zero-order valence-corrected chi connectivity index (χ0v) is 27.3. The Hall–Kier alpha value is -7.43. The lowest BCUT2D eigenvalue weighted by Crippen LogP contribution is -2.01. The third kappa shape index (κ3) is 6.16. The van der Waals surface area contributed by atoms with E-state index in [9.17, 15) is 13.7 Å². The second-order valence-corrected chi connectivity index (χ2v) is 11.1. The monoisotopic (exact) mass is 736 g/mol. The van der Waals surface area contributed by atoms with Gasteiger partial charge in [0, 0.05) is 33.2 Å². The van der Waals surface area contributed by atoms with Gasteiger partial charge in [-0.05, 0) is 81.7 Å². The molecule has 0 aliphatic carbocycles. The van der Waals surface area contributed by atoms with E-state index in [0.717, 1.165) is 0 Å². The van der Waals surface area contributed by atoms with Gasteiger partial charge in [-0.15, -0.1) is 0 Å². The van der Waals surface area contributed by atoms with Crippen molar-refractivity contribution in [1.82, 2.24) is 19.5 Å². The van der Waals surface area contributed by atoms with E-state index in [1.54, 1.807) is 0 Å². The summed E-state index contributed by atoms with van der Waals surface area (Å²) >= 11 is 0. The number of para-hydroxylation sites is 1. The highest BCUT2D eigenvalue weighted by atomic mass is 15.0. The SMILES string of the molecule is [2H]c1c([2H])c([2H])c(-c2c([2H])c([2H])c(-c3nc(-c4c([2H])c([2H])c(-n5c6c([2H])c([2H])c([2H])c([2H])c6c6c([2H])c(-c7c([2H])c([2H])c([2H])c([2H])c7[2H])c([2H])c([2H])c65)c([2H])c4[2H])nc(-c4c([2H])c([2H])c([2H])c(-c5c([2H])c([2H])c([2H])c([2H])c5[2H])c4[2H])n3)c([2H])c2[2H])c([2H])c1[2H]. The normalized spacial score (nSPS) is 19.9. The molecule has 0 bridgehead atoms. The minimum atomic E-state index is -1.20. The number of fused-ring (bicyclic) bond motifs is 3. The van der Waals surface area contributed by atoms with Gasteiger partial charge in [0.15, 0.2) is 17.5 Å². The van der Waals surface area contributed by atoms with Gasteiger partial charge in [-0.2, -0.15) is 0 Å². The molecule has 0 unspecified atom stereocenters. The van der Waals surface area contributed by atoms with Crippen molar-refractivity contribution in [3.8, 4) is 73.2 Å². The summed E-state index contributed by atoms with van der Waals surface area (Å²) in [5, 5.41) is -1.27. The number of rotatable bonds is 7. The quantitative estimate of drug-likeness (QED) is 0.164. The van der Waals surface area contributed by atoms with Crippen LogP contribution in [0.15, 0.2) is 205 Å². The van der Waals surface area contributed by atoms with E-state index >= 15 is 0 Å². The van der Waals surface area contributed by atoms with Crippen LogP contribution in [0.4, 0.5) is 0 Å². The predicted octanol–water partition coefficient (Wildman–Crippen LogP) is 13.0. The van der Waals surface area contributed by atoms with Crippen LogP contribution < -0.4 is 0 Å². The lowest BCUT2D eigenvalue weighted by molar-refractivity contribution is 1.07. The third-order valence-electron chi connectivity index (χ3n) is 7.80. The zero-order valence-electron chi connectivity index (χ0n) is 61.3. The molecule has 0 fully saturated rings. The molecular weight excluding hydrogens is 669 g/mol. The van der Waals surface area contributed by atoms with Crippen LogP contribution in [0.2, 0.25) is 0 Å². The van der Waals surface area contributed by atoms with Crippen molar-refractivity contribution in [3.05, 3.63) is 205 Å². The second kappa shape index (κ2) is 13.8. The molecule has 0 spiro atoms. The van der Waals surface area contributed by atoms with Gasteiger partial charge >= 0.3 is 0 Å². The van der Waals surface area contributed by atoms with E-state index in [2.05, 4.69) is 15.0 Å². The lowest BCUT2D eigenvalue weighted by Gasteiger charge is -2.12. The average Bonchev–Trinajstić information content (AvgIpc) is 1.58. The Morgan fingerprint density at radius 2 is 0.691 bits per heavy atom. The molecule has 0 radical (unpaired) electrons. The van der Waals surface area contributed by atoms with Crippen molar-refractivity contribution in [3.63, 3.8) is 0 Å². The van der Waals surface area contributed by atoms with Crippen LogP contribution in [0.25, 0.3) is 95.0 Å². The average molecular weight is 737 g/mol. The number of hydrogen-bond acceptors (Lipinski definition) is 3. The molecule has 0 atom stereocenters. The first-order chi connectivity index (χ1) is 41.4. The maximum atomic E-state index is 9.62.